The predicted molar refractivity (Wildman–Crippen MR) is 93.4 cm³/mol. The number of nitrogens with one attached hydrogen (secondary N) is 1. The molecule has 126 valence electrons. The molecule has 0 aliphatic carbocycles. The monoisotopic (exact) mass is 348 g/mol. The highest BCUT2D eigenvalue weighted by Crippen LogP contribution is 2.28. The van der Waals surface area contributed by atoms with Crippen LogP contribution in [0.5, 0.6) is 11.5 Å². The van der Waals surface area contributed by atoms with Crippen molar-refractivity contribution in [1.29, 1.82) is 0 Å². The summed E-state index contributed by atoms with van der Waals surface area (Å²) in [5, 5.41) is 13.4. The number of carboxylic acid groups (broad SMARTS) is 1. The Hall–Kier alpha value is -2.73. The van der Waals surface area contributed by atoms with E-state index in [1.165, 1.54) is 0 Å². The number of nitrogens with zero attached hydrogens (tertiary/aromatic N) is 1. The Kier molecular flexibility index (Phi) is 6.45. The van der Waals surface area contributed by atoms with Crippen LogP contribution in [-0.4, -0.2) is 30.5 Å². The molecule has 2 rings (SSSR count). The molecule has 0 saturated heterocycles. The Balaban J connectivity index is 2.09. The van der Waals surface area contributed by atoms with E-state index in [0.717, 1.165) is 5.56 Å². The molecule has 0 fully saturated rings. The summed E-state index contributed by atoms with van der Waals surface area (Å²) in [6.07, 6.45) is 1.60. The van der Waals surface area contributed by atoms with E-state index in [1.54, 1.807) is 30.5 Å². The van der Waals surface area contributed by atoms with Gasteiger partial charge in [0, 0.05) is 0 Å². The van der Waals surface area contributed by atoms with Gasteiger partial charge >= 0.3 is 5.97 Å². The SMILES string of the molecule is CCOc1cc(/C=N/Nc2ccccc2Cl)ccc1OCC(=O)O. The molecule has 0 aromatic heterocycles. The van der Waals surface area contributed by atoms with E-state index in [9.17, 15) is 4.79 Å². The molecule has 0 heterocycles. The maximum atomic E-state index is 10.6. The molecular formula is C17H17ClN2O4. The summed E-state index contributed by atoms with van der Waals surface area (Å²) in [6.45, 7) is 1.84. The number of aliphatic carboxylic acids is 1. The second-order valence-corrected chi connectivity index (χ2v) is 5.08. The van der Waals surface area contributed by atoms with Crippen LogP contribution in [0.2, 0.25) is 5.02 Å². The number of hydrazone groups is 1. The Labute approximate surface area is 144 Å². The van der Waals surface area contributed by atoms with Gasteiger partial charge in [-0.05, 0) is 42.8 Å². The molecule has 0 unspecified atom stereocenters. The Morgan fingerprint density at radius 3 is 2.75 bits per heavy atom. The normalized spacial score (nSPS) is 10.6. The van der Waals surface area contributed by atoms with E-state index in [1.807, 2.05) is 25.1 Å². The van der Waals surface area contributed by atoms with Gasteiger partial charge in [0.15, 0.2) is 18.1 Å². The van der Waals surface area contributed by atoms with E-state index in [2.05, 4.69) is 10.5 Å². The minimum Gasteiger partial charge on any atom is -0.490 e. The first-order chi connectivity index (χ1) is 11.6. The number of hydrogen-bond donors (Lipinski definition) is 2. The molecule has 2 N–H and O–H groups in total. The quantitative estimate of drug-likeness (QED) is 0.562. The van der Waals surface area contributed by atoms with Crippen molar-refractivity contribution in [2.75, 3.05) is 18.6 Å². The standard InChI is InChI=1S/C17H17ClN2O4/c1-2-23-16-9-12(7-8-15(16)24-11-17(21)22)10-19-20-14-6-4-3-5-13(14)18/h3-10,20H,2,11H2,1H3,(H,21,22)/b19-10+. The van der Waals surface area contributed by atoms with Crippen LogP contribution in [0.25, 0.3) is 0 Å². The van der Waals surface area contributed by atoms with Crippen LogP contribution in [-0.2, 0) is 4.79 Å². The smallest absolute Gasteiger partial charge is 0.341 e. The molecule has 0 amide bonds. The van der Waals surface area contributed by atoms with Gasteiger partial charge in [0.2, 0.25) is 0 Å². The van der Waals surface area contributed by atoms with Gasteiger partial charge in [0.25, 0.3) is 0 Å². The van der Waals surface area contributed by atoms with Crippen LogP contribution in [0.3, 0.4) is 0 Å². The topological polar surface area (TPSA) is 80.1 Å². The molecule has 0 bridgehead atoms. The van der Waals surface area contributed by atoms with E-state index < -0.39 is 12.6 Å². The predicted octanol–water partition coefficient (Wildman–Crippen LogP) is 3.65. The first-order valence-electron chi connectivity index (χ1n) is 7.25. The number of hydrogen-bond acceptors (Lipinski definition) is 5. The third-order valence-electron chi connectivity index (χ3n) is 2.89. The second-order valence-electron chi connectivity index (χ2n) is 4.67. The lowest BCUT2D eigenvalue weighted by Gasteiger charge is -2.11. The maximum absolute atomic E-state index is 10.6. The molecule has 7 heteroatoms. The maximum Gasteiger partial charge on any atom is 0.341 e. The van der Waals surface area contributed by atoms with Crippen LogP contribution in [0, 0.1) is 0 Å². The van der Waals surface area contributed by atoms with Crippen molar-refractivity contribution in [2.24, 2.45) is 5.10 Å². The summed E-state index contributed by atoms with van der Waals surface area (Å²) >= 11 is 6.03. The van der Waals surface area contributed by atoms with Gasteiger partial charge in [0.05, 0.1) is 23.5 Å². The lowest BCUT2D eigenvalue weighted by molar-refractivity contribution is -0.139. The van der Waals surface area contributed by atoms with Gasteiger partial charge < -0.3 is 14.6 Å². The van der Waals surface area contributed by atoms with Gasteiger partial charge in [-0.25, -0.2) is 4.79 Å². The molecule has 0 saturated carbocycles. The van der Waals surface area contributed by atoms with Crippen LogP contribution >= 0.6 is 11.6 Å². The van der Waals surface area contributed by atoms with Crippen molar-refractivity contribution in [1.82, 2.24) is 0 Å². The largest absolute Gasteiger partial charge is 0.490 e. The fourth-order valence-electron chi connectivity index (χ4n) is 1.86. The fraction of sp³-hybridized carbons (Fsp3) is 0.176. The zero-order valence-corrected chi connectivity index (χ0v) is 13.8. The van der Waals surface area contributed by atoms with E-state index in [0.29, 0.717) is 28.8 Å². The Morgan fingerprint density at radius 2 is 2.04 bits per heavy atom. The zero-order valence-electron chi connectivity index (χ0n) is 13.0. The summed E-state index contributed by atoms with van der Waals surface area (Å²) in [5.74, 6) is -0.220. The van der Waals surface area contributed by atoms with E-state index in [-0.39, 0.29) is 0 Å². The van der Waals surface area contributed by atoms with Crippen molar-refractivity contribution in [2.45, 2.75) is 6.92 Å². The number of carboxylic acids is 1. The van der Waals surface area contributed by atoms with Gasteiger partial charge in [-0.15, -0.1) is 0 Å². The van der Waals surface area contributed by atoms with E-state index in [4.69, 9.17) is 26.2 Å². The third-order valence-corrected chi connectivity index (χ3v) is 3.22. The molecule has 0 aliphatic rings. The fourth-order valence-corrected chi connectivity index (χ4v) is 2.04. The summed E-state index contributed by atoms with van der Waals surface area (Å²) < 4.78 is 10.7. The summed E-state index contributed by atoms with van der Waals surface area (Å²) in [6, 6.07) is 12.4. The molecule has 24 heavy (non-hydrogen) atoms. The number of halogens is 1. The lowest BCUT2D eigenvalue weighted by atomic mass is 10.2. The number of carbonyl (C=O) groups is 1. The van der Waals surface area contributed by atoms with Gasteiger partial charge in [0.1, 0.15) is 0 Å². The van der Waals surface area contributed by atoms with Gasteiger partial charge in [-0.3, -0.25) is 5.43 Å². The Bertz CT molecular complexity index is 734. The molecule has 0 aliphatic heterocycles. The number of benzene rings is 2. The number of rotatable bonds is 8. The highest BCUT2D eigenvalue weighted by Gasteiger charge is 2.08. The van der Waals surface area contributed by atoms with Gasteiger partial charge in [-0.1, -0.05) is 23.7 Å². The average Bonchev–Trinajstić information content (AvgIpc) is 2.56. The summed E-state index contributed by atoms with van der Waals surface area (Å²) in [4.78, 5) is 10.6. The molecule has 0 atom stereocenters. The molecule has 2 aromatic rings. The second kappa shape index (κ2) is 8.79. The lowest BCUT2D eigenvalue weighted by Crippen LogP contribution is -2.10. The first kappa shape index (κ1) is 17.6. The van der Waals surface area contributed by atoms with Crippen LogP contribution < -0.4 is 14.9 Å². The molecular weight excluding hydrogens is 332 g/mol. The number of anilines is 1. The van der Waals surface area contributed by atoms with Gasteiger partial charge in [-0.2, -0.15) is 5.10 Å². The summed E-state index contributed by atoms with van der Waals surface area (Å²) in [7, 11) is 0. The molecule has 2 aromatic carbocycles. The van der Waals surface area contributed by atoms with Crippen LogP contribution in [0.1, 0.15) is 12.5 Å². The molecule has 0 radical (unpaired) electrons. The number of ether oxygens (including phenoxy) is 2. The highest BCUT2D eigenvalue weighted by atomic mass is 35.5. The van der Waals surface area contributed by atoms with Crippen molar-refractivity contribution in [3.05, 3.63) is 53.1 Å². The molecule has 6 nitrogen and oxygen atoms in total. The minimum absolute atomic E-state index is 0.371. The highest BCUT2D eigenvalue weighted by molar-refractivity contribution is 6.33. The third kappa shape index (κ3) is 5.17. The Morgan fingerprint density at radius 1 is 1.25 bits per heavy atom. The minimum atomic E-state index is -1.05. The molecule has 0 spiro atoms. The van der Waals surface area contributed by atoms with Crippen LogP contribution in [0.15, 0.2) is 47.6 Å². The van der Waals surface area contributed by atoms with Crippen LogP contribution in [0.4, 0.5) is 5.69 Å². The van der Waals surface area contributed by atoms with E-state index >= 15 is 0 Å². The summed E-state index contributed by atoms with van der Waals surface area (Å²) in [5.41, 5.74) is 4.32. The average molecular weight is 349 g/mol. The van der Waals surface area contributed by atoms with Crippen molar-refractivity contribution in [3.8, 4) is 11.5 Å². The van der Waals surface area contributed by atoms with Crippen molar-refractivity contribution < 1.29 is 19.4 Å². The van der Waals surface area contributed by atoms with Crippen molar-refractivity contribution in [3.63, 3.8) is 0 Å². The number of para-hydroxylation sites is 1. The first-order valence-corrected chi connectivity index (χ1v) is 7.63. The zero-order chi connectivity index (χ0) is 17.4. The van der Waals surface area contributed by atoms with Crippen molar-refractivity contribution >= 4 is 29.5 Å².